The van der Waals surface area contributed by atoms with Gasteiger partial charge in [-0.15, -0.1) is 0 Å². The molecule has 0 aliphatic heterocycles. The van der Waals surface area contributed by atoms with Crippen molar-refractivity contribution in [3.8, 4) is 11.5 Å². The van der Waals surface area contributed by atoms with Crippen LogP contribution >= 0.6 is 0 Å². The summed E-state index contributed by atoms with van der Waals surface area (Å²) in [6.45, 7) is 12.1. The first-order chi connectivity index (χ1) is 10.2. The van der Waals surface area contributed by atoms with Crippen LogP contribution in [0.4, 0.5) is 0 Å². The van der Waals surface area contributed by atoms with E-state index in [1.807, 2.05) is 12.1 Å². The lowest BCUT2D eigenvalue weighted by Crippen LogP contribution is -2.15. The molecule has 0 radical (unpaired) electrons. The molecule has 3 nitrogen and oxygen atoms in total. The Morgan fingerprint density at radius 3 is 2.52 bits per heavy atom. The molecule has 0 bridgehead atoms. The highest BCUT2D eigenvalue weighted by Gasteiger charge is 2.07. The van der Waals surface area contributed by atoms with Crippen molar-refractivity contribution < 1.29 is 9.47 Å². The van der Waals surface area contributed by atoms with Gasteiger partial charge in [-0.1, -0.05) is 33.8 Å². The lowest BCUT2D eigenvalue weighted by Gasteiger charge is -2.15. The Labute approximate surface area is 130 Å². The molecule has 0 fully saturated rings. The number of rotatable bonds is 11. The van der Waals surface area contributed by atoms with Crippen LogP contribution in [0.25, 0.3) is 0 Å². The molecule has 0 unspecified atom stereocenters. The molecule has 0 atom stereocenters. The zero-order chi connectivity index (χ0) is 15.5. The lowest BCUT2D eigenvalue weighted by molar-refractivity contribution is 0.280. The van der Waals surface area contributed by atoms with Gasteiger partial charge in [-0.05, 0) is 37.8 Å². The van der Waals surface area contributed by atoms with Gasteiger partial charge >= 0.3 is 0 Å². The van der Waals surface area contributed by atoms with Crippen LogP contribution in [0.15, 0.2) is 18.2 Å². The van der Waals surface area contributed by atoms with Crippen LogP contribution in [0.5, 0.6) is 11.5 Å². The molecule has 1 aromatic carbocycles. The molecule has 0 aliphatic rings. The first-order valence-corrected chi connectivity index (χ1v) is 8.26. The molecule has 1 rings (SSSR count). The zero-order valence-electron chi connectivity index (χ0n) is 14.1. The van der Waals surface area contributed by atoms with E-state index in [4.69, 9.17) is 9.47 Å². The highest BCUT2D eigenvalue weighted by molar-refractivity contribution is 5.40. The van der Waals surface area contributed by atoms with E-state index in [0.717, 1.165) is 57.1 Å². The van der Waals surface area contributed by atoms with E-state index in [0.29, 0.717) is 5.92 Å². The van der Waals surface area contributed by atoms with E-state index in [1.54, 1.807) is 0 Å². The maximum Gasteiger partial charge on any atom is 0.127 e. The number of nitrogens with one attached hydrogen (secondary N) is 1. The molecular formula is C18H31NO2. The van der Waals surface area contributed by atoms with E-state index < -0.39 is 0 Å². The normalized spacial score (nSPS) is 10.9. The van der Waals surface area contributed by atoms with Crippen LogP contribution < -0.4 is 14.8 Å². The summed E-state index contributed by atoms with van der Waals surface area (Å²) in [6, 6.07) is 6.17. The second kappa shape index (κ2) is 10.5. The fourth-order valence-corrected chi connectivity index (χ4v) is 1.93. The van der Waals surface area contributed by atoms with Crippen molar-refractivity contribution in [1.29, 1.82) is 0 Å². The Morgan fingerprint density at radius 1 is 1.05 bits per heavy atom. The van der Waals surface area contributed by atoms with E-state index in [-0.39, 0.29) is 0 Å². The lowest BCUT2D eigenvalue weighted by atomic mass is 10.1. The van der Waals surface area contributed by atoms with Crippen molar-refractivity contribution in [3.63, 3.8) is 0 Å². The van der Waals surface area contributed by atoms with Gasteiger partial charge in [0.2, 0.25) is 0 Å². The van der Waals surface area contributed by atoms with E-state index in [9.17, 15) is 0 Å². The highest BCUT2D eigenvalue weighted by Crippen LogP contribution is 2.25. The van der Waals surface area contributed by atoms with Gasteiger partial charge in [0.25, 0.3) is 0 Å². The average molecular weight is 293 g/mol. The van der Waals surface area contributed by atoms with Crippen LogP contribution in [0, 0.1) is 5.92 Å². The van der Waals surface area contributed by atoms with Crippen molar-refractivity contribution in [2.75, 3.05) is 19.8 Å². The summed E-state index contributed by atoms with van der Waals surface area (Å²) in [5, 5.41) is 3.43. The van der Waals surface area contributed by atoms with Gasteiger partial charge in [0.15, 0.2) is 0 Å². The maximum absolute atomic E-state index is 5.98. The van der Waals surface area contributed by atoms with Gasteiger partial charge < -0.3 is 14.8 Å². The summed E-state index contributed by atoms with van der Waals surface area (Å²) in [5.74, 6) is 2.51. The van der Waals surface area contributed by atoms with Crippen LogP contribution in [0.3, 0.4) is 0 Å². The van der Waals surface area contributed by atoms with Crippen LogP contribution in [-0.2, 0) is 6.54 Å². The fourth-order valence-electron chi connectivity index (χ4n) is 1.93. The van der Waals surface area contributed by atoms with Gasteiger partial charge in [-0.3, -0.25) is 0 Å². The Kier molecular flexibility index (Phi) is 8.91. The highest BCUT2D eigenvalue weighted by atomic mass is 16.5. The number of hydrogen-bond donors (Lipinski definition) is 1. The third kappa shape index (κ3) is 7.37. The molecule has 0 aromatic heterocycles. The molecule has 0 aliphatic carbocycles. The average Bonchev–Trinajstić information content (AvgIpc) is 2.46. The third-order valence-corrected chi connectivity index (χ3v) is 3.21. The van der Waals surface area contributed by atoms with Crippen LogP contribution in [0.2, 0.25) is 0 Å². The largest absolute Gasteiger partial charge is 0.493 e. The second-order valence-electron chi connectivity index (χ2n) is 5.83. The number of hydrogen-bond acceptors (Lipinski definition) is 3. The van der Waals surface area contributed by atoms with Crippen molar-refractivity contribution in [1.82, 2.24) is 5.32 Å². The molecule has 1 N–H and O–H groups in total. The third-order valence-electron chi connectivity index (χ3n) is 3.21. The summed E-state index contributed by atoms with van der Waals surface area (Å²) < 4.78 is 11.7. The summed E-state index contributed by atoms with van der Waals surface area (Å²) in [5.41, 5.74) is 1.20. The maximum atomic E-state index is 5.98. The molecule has 120 valence electrons. The van der Waals surface area contributed by atoms with Crippen molar-refractivity contribution in [2.24, 2.45) is 5.92 Å². The summed E-state index contributed by atoms with van der Waals surface area (Å²) in [6.07, 6.45) is 3.23. The second-order valence-corrected chi connectivity index (χ2v) is 5.83. The minimum absolute atomic E-state index is 0.659. The van der Waals surface area contributed by atoms with Gasteiger partial charge in [-0.2, -0.15) is 0 Å². The minimum Gasteiger partial charge on any atom is -0.493 e. The SMILES string of the molecule is CCCNCc1ccc(OCCC)cc1OCCC(C)C. The Hall–Kier alpha value is -1.22. The quantitative estimate of drug-likeness (QED) is 0.613. The number of benzene rings is 1. The summed E-state index contributed by atoms with van der Waals surface area (Å²) in [4.78, 5) is 0. The van der Waals surface area contributed by atoms with Crippen molar-refractivity contribution in [2.45, 2.75) is 53.5 Å². The minimum atomic E-state index is 0.659. The molecular weight excluding hydrogens is 262 g/mol. The van der Waals surface area contributed by atoms with Crippen LogP contribution in [0.1, 0.15) is 52.5 Å². The molecule has 0 spiro atoms. The first-order valence-electron chi connectivity index (χ1n) is 8.26. The predicted molar refractivity (Wildman–Crippen MR) is 89.2 cm³/mol. The Bertz CT molecular complexity index is 391. The molecule has 0 heterocycles. The summed E-state index contributed by atoms with van der Waals surface area (Å²) >= 11 is 0. The number of ether oxygens (including phenoxy) is 2. The van der Waals surface area contributed by atoms with Crippen molar-refractivity contribution >= 4 is 0 Å². The standard InChI is InChI=1S/C18H31NO2/c1-5-10-19-14-16-7-8-17(20-11-6-2)13-18(16)21-12-9-15(3)4/h7-8,13,15,19H,5-6,9-12,14H2,1-4H3. The van der Waals surface area contributed by atoms with Gasteiger partial charge in [0.05, 0.1) is 13.2 Å². The predicted octanol–water partition coefficient (Wildman–Crippen LogP) is 4.40. The topological polar surface area (TPSA) is 30.5 Å². The fraction of sp³-hybridized carbons (Fsp3) is 0.667. The van der Waals surface area contributed by atoms with Crippen molar-refractivity contribution in [3.05, 3.63) is 23.8 Å². The molecule has 21 heavy (non-hydrogen) atoms. The molecule has 0 amide bonds. The molecule has 3 heteroatoms. The van der Waals surface area contributed by atoms with Gasteiger partial charge in [0.1, 0.15) is 11.5 Å². The first kappa shape index (κ1) is 17.8. The van der Waals surface area contributed by atoms with Gasteiger partial charge in [-0.25, -0.2) is 0 Å². The molecule has 0 saturated heterocycles. The van der Waals surface area contributed by atoms with E-state index >= 15 is 0 Å². The van der Waals surface area contributed by atoms with Crippen LogP contribution in [-0.4, -0.2) is 19.8 Å². The Balaban J connectivity index is 2.69. The summed E-state index contributed by atoms with van der Waals surface area (Å²) in [7, 11) is 0. The van der Waals surface area contributed by atoms with E-state index in [1.165, 1.54) is 5.56 Å². The Morgan fingerprint density at radius 2 is 1.86 bits per heavy atom. The molecule has 1 aromatic rings. The van der Waals surface area contributed by atoms with Gasteiger partial charge in [0, 0.05) is 18.2 Å². The monoisotopic (exact) mass is 293 g/mol. The zero-order valence-corrected chi connectivity index (χ0v) is 14.1. The molecule has 0 saturated carbocycles. The smallest absolute Gasteiger partial charge is 0.127 e. The van der Waals surface area contributed by atoms with E-state index in [2.05, 4.69) is 39.1 Å².